The average Bonchev–Trinajstić information content (AvgIpc) is 2.41. The number of amides is 1. The number of halogens is 2. The second kappa shape index (κ2) is 6.17. The lowest BCUT2D eigenvalue weighted by molar-refractivity contribution is 0.0924. The number of hydrogen-bond acceptors (Lipinski definition) is 3. The summed E-state index contributed by atoms with van der Waals surface area (Å²) in [5.41, 5.74) is 4.61. The molecular formula is C14H19F2N3O. The number of nitrogens with two attached hydrogens (primary N) is 1. The van der Waals surface area contributed by atoms with Crippen LogP contribution in [-0.2, 0) is 0 Å². The number of benzene rings is 1. The fraction of sp³-hybridized carbons (Fsp3) is 0.500. The normalized spacial score (nSPS) is 19.9. The van der Waals surface area contributed by atoms with Crippen LogP contribution < -0.4 is 11.1 Å². The van der Waals surface area contributed by atoms with Crippen molar-refractivity contribution in [1.29, 1.82) is 0 Å². The first-order chi connectivity index (χ1) is 9.49. The van der Waals surface area contributed by atoms with E-state index in [1.807, 2.05) is 7.05 Å². The first kappa shape index (κ1) is 14.7. The molecule has 20 heavy (non-hydrogen) atoms. The molecule has 1 aromatic carbocycles. The van der Waals surface area contributed by atoms with Crippen LogP contribution >= 0.6 is 0 Å². The van der Waals surface area contributed by atoms with Crippen LogP contribution in [0.25, 0.3) is 0 Å². The van der Waals surface area contributed by atoms with Gasteiger partial charge in [-0.2, -0.15) is 0 Å². The highest BCUT2D eigenvalue weighted by atomic mass is 19.1. The Labute approximate surface area is 116 Å². The molecule has 1 saturated heterocycles. The van der Waals surface area contributed by atoms with Crippen LogP contribution in [0, 0.1) is 11.6 Å². The molecule has 1 fully saturated rings. The number of rotatable bonds is 3. The number of piperidine rings is 1. The summed E-state index contributed by atoms with van der Waals surface area (Å²) in [6.45, 7) is 1.41. The maximum Gasteiger partial charge on any atom is 0.254 e. The minimum atomic E-state index is -0.874. The third-order valence-electron chi connectivity index (χ3n) is 3.73. The molecule has 6 heteroatoms. The third-order valence-corrected chi connectivity index (χ3v) is 3.73. The van der Waals surface area contributed by atoms with E-state index in [-0.39, 0.29) is 17.3 Å². The second-order valence-electron chi connectivity index (χ2n) is 5.20. The molecule has 1 aromatic rings. The summed E-state index contributed by atoms with van der Waals surface area (Å²) >= 11 is 0. The third kappa shape index (κ3) is 3.25. The van der Waals surface area contributed by atoms with Gasteiger partial charge in [0.05, 0.1) is 11.3 Å². The summed E-state index contributed by atoms with van der Waals surface area (Å²) < 4.78 is 26.9. The molecular weight excluding hydrogens is 264 g/mol. The number of likely N-dealkylation sites (N-methyl/N-ethyl adjacent to an activating group) is 1. The summed E-state index contributed by atoms with van der Waals surface area (Å²) in [5.74, 6) is -2.22. The zero-order valence-electron chi connectivity index (χ0n) is 11.5. The average molecular weight is 283 g/mol. The Bertz CT molecular complexity index is 507. The largest absolute Gasteiger partial charge is 0.396 e. The lowest BCUT2D eigenvalue weighted by Crippen LogP contribution is -2.44. The maximum atomic E-state index is 13.7. The van der Waals surface area contributed by atoms with E-state index in [1.165, 1.54) is 0 Å². The van der Waals surface area contributed by atoms with Crippen molar-refractivity contribution in [3.8, 4) is 0 Å². The number of carbonyl (C=O) groups excluding carboxylic acids is 1. The molecule has 0 aromatic heterocycles. The molecule has 1 amide bonds. The van der Waals surface area contributed by atoms with Gasteiger partial charge in [-0.3, -0.25) is 4.79 Å². The number of anilines is 1. The molecule has 2 rings (SSSR count). The minimum absolute atomic E-state index is 0.238. The van der Waals surface area contributed by atoms with Gasteiger partial charge < -0.3 is 16.0 Å². The van der Waals surface area contributed by atoms with E-state index in [0.717, 1.165) is 37.9 Å². The van der Waals surface area contributed by atoms with Crippen LogP contribution in [0.5, 0.6) is 0 Å². The summed E-state index contributed by atoms with van der Waals surface area (Å²) in [6.07, 6.45) is 3.26. The Morgan fingerprint density at radius 1 is 1.45 bits per heavy atom. The predicted octanol–water partition coefficient (Wildman–Crippen LogP) is 1.76. The molecule has 1 aliphatic heterocycles. The highest BCUT2D eigenvalue weighted by Gasteiger charge is 2.21. The van der Waals surface area contributed by atoms with Crippen molar-refractivity contribution in [2.24, 2.45) is 0 Å². The van der Waals surface area contributed by atoms with Crippen LogP contribution in [0.2, 0.25) is 0 Å². The quantitative estimate of drug-likeness (QED) is 0.831. The van der Waals surface area contributed by atoms with Crippen molar-refractivity contribution in [3.63, 3.8) is 0 Å². The predicted molar refractivity (Wildman–Crippen MR) is 73.4 cm³/mol. The molecule has 3 N–H and O–H groups in total. The van der Waals surface area contributed by atoms with E-state index in [0.29, 0.717) is 6.54 Å². The topological polar surface area (TPSA) is 58.4 Å². The Kier molecular flexibility index (Phi) is 4.54. The Hall–Kier alpha value is -1.69. The van der Waals surface area contributed by atoms with Gasteiger partial charge in [0.2, 0.25) is 0 Å². The molecule has 0 radical (unpaired) electrons. The van der Waals surface area contributed by atoms with Gasteiger partial charge in [0, 0.05) is 12.6 Å². The van der Waals surface area contributed by atoms with Crippen molar-refractivity contribution >= 4 is 11.6 Å². The van der Waals surface area contributed by atoms with E-state index in [4.69, 9.17) is 5.73 Å². The van der Waals surface area contributed by atoms with E-state index >= 15 is 0 Å². The van der Waals surface area contributed by atoms with E-state index in [1.54, 1.807) is 0 Å². The lowest BCUT2D eigenvalue weighted by atomic mass is 10.0. The summed E-state index contributed by atoms with van der Waals surface area (Å²) in [6, 6.07) is 1.97. The van der Waals surface area contributed by atoms with Gasteiger partial charge in [0.25, 0.3) is 5.91 Å². The van der Waals surface area contributed by atoms with Gasteiger partial charge in [0.1, 0.15) is 5.82 Å². The van der Waals surface area contributed by atoms with Gasteiger partial charge in [0.15, 0.2) is 5.82 Å². The second-order valence-corrected chi connectivity index (χ2v) is 5.20. The Morgan fingerprint density at radius 2 is 2.20 bits per heavy atom. The van der Waals surface area contributed by atoms with Gasteiger partial charge in [-0.15, -0.1) is 0 Å². The molecule has 1 atom stereocenters. The monoisotopic (exact) mass is 283 g/mol. The summed E-state index contributed by atoms with van der Waals surface area (Å²) in [7, 11) is 2.00. The molecule has 1 heterocycles. The highest BCUT2D eigenvalue weighted by molar-refractivity contribution is 5.95. The first-order valence-electron chi connectivity index (χ1n) is 6.72. The van der Waals surface area contributed by atoms with Crippen LogP contribution in [0.4, 0.5) is 14.5 Å². The molecule has 1 unspecified atom stereocenters. The SMILES string of the molecule is CN1CCCCC1CNC(=O)c1cc(F)cc(N)c1F. The van der Waals surface area contributed by atoms with Gasteiger partial charge in [-0.25, -0.2) is 8.78 Å². The first-order valence-corrected chi connectivity index (χ1v) is 6.72. The van der Waals surface area contributed by atoms with E-state index in [2.05, 4.69) is 10.2 Å². The van der Waals surface area contributed by atoms with Crippen molar-refractivity contribution in [2.75, 3.05) is 25.9 Å². The Balaban J connectivity index is 2.01. The zero-order valence-corrected chi connectivity index (χ0v) is 11.5. The number of carbonyl (C=O) groups is 1. The number of hydrogen-bond donors (Lipinski definition) is 2. The number of nitrogen functional groups attached to an aromatic ring is 1. The smallest absolute Gasteiger partial charge is 0.254 e. The number of nitrogens with zero attached hydrogens (tertiary/aromatic N) is 1. The number of likely N-dealkylation sites (tertiary alicyclic amines) is 1. The van der Waals surface area contributed by atoms with Crippen molar-refractivity contribution < 1.29 is 13.6 Å². The molecule has 0 spiro atoms. The standard InChI is InChI=1S/C14H19F2N3O/c1-19-5-3-2-4-10(19)8-18-14(20)11-6-9(15)7-12(17)13(11)16/h6-7,10H,2-5,8,17H2,1H3,(H,18,20). The van der Waals surface area contributed by atoms with E-state index < -0.39 is 17.5 Å². The van der Waals surface area contributed by atoms with Crippen molar-refractivity contribution in [3.05, 3.63) is 29.3 Å². The minimum Gasteiger partial charge on any atom is -0.396 e. The van der Waals surface area contributed by atoms with Gasteiger partial charge >= 0.3 is 0 Å². The van der Waals surface area contributed by atoms with Gasteiger partial charge in [-0.1, -0.05) is 6.42 Å². The zero-order chi connectivity index (χ0) is 14.7. The molecule has 110 valence electrons. The van der Waals surface area contributed by atoms with Crippen LogP contribution in [0.1, 0.15) is 29.6 Å². The maximum absolute atomic E-state index is 13.7. The molecule has 0 aliphatic carbocycles. The molecule has 0 bridgehead atoms. The van der Waals surface area contributed by atoms with Crippen LogP contribution in [0.3, 0.4) is 0 Å². The Morgan fingerprint density at radius 3 is 2.90 bits per heavy atom. The van der Waals surface area contributed by atoms with Crippen LogP contribution in [0.15, 0.2) is 12.1 Å². The summed E-state index contributed by atoms with van der Waals surface area (Å²) in [4.78, 5) is 14.1. The highest BCUT2D eigenvalue weighted by Crippen LogP contribution is 2.18. The lowest BCUT2D eigenvalue weighted by Gasteiger charge is -2.32. The summed E-state index contributed by atoms with van der Waals surface area (Å²) in [5, 5.41) is 2.65. The molecule has 4 nitrogen and oxygen atoms in total. The van der Waals surface area contributed by atoms with Crippen molar-refractivity contribution in [2.45, 2.75) is 25.3 Å². The fourth-order valence-electron chi connectivity index (χ4n) is 2.48. The molecule has 0 saturated carbocycles. The van der Waals surface area contributed by atoms with Crippen LogP contribution in [-0.4, -0.2) is 37.0 Å². The van der Waals surface area contributed by atoms with Gasteiger partial charge in [-0.05, 0) is 38.6 Å². The van der Waals surface area contributed by atoms with E-state index in [9.17, 15) is 13.6 Å². The molecule has 1 aliphatic rings. The number of nitrogens with one attached hydrogen (secondary N) is 1. The fourth-order valence-corrected chi connectivity index (χ4v) is 2.48. The van der Waals surface area contributed by atoms with Crippen molar-refractivity contribution in [1.82, 2.24) is 10.2 Å².